The fourth-order valence-corrected chi connectivity index (χ4v) is 2.96. The lowest BCUT2D eigenvalue weighted by Gasteiger charge is -2.19. The van der Waals surface area contributed by atoms with Gasteiger partial charge in [0.15, 0.2) is 11.6 Å². The van der Waals surface area contributed by atoms with Crippen molar-refractivity contribution in [1.82, 2.24) is 9.91 Å². The summed E-state index contributed by atoms with van der Waals surface area (Å²) in [7, 11) is 3.26. The standard InChI is InChI=1S/C20H22FN3O2/c1-23(13-15-8-9-19(26-2)17(21)12-15)14-20(25)24-11-10-18(22-24)16-6-4-3-5-7-16/h3-9,12H,10-11,13-14H2,1-2H3. The first kappa shape index (κ1) is 18.1. The Kier molecular flexibility index (Phi) is 5.63. The number of hydrogen-bond acceptors (Lipinski definition) is 4. The molecule has 0 aromatic heterocycles. The highest BCUT2D eigenvalue weighted by Crippen LogP contribution is 2.19. The lowest BCUT2D eigenvalue weighted by Crippen LogP contribution is -2.34. The van der Waals surface area contributed by atoms with E-state index in [9.17, 15) is 9.18 Å². The lowest BCUT2D eigenvalue weighted by atomic mass is 10.1. The van der Waals surface area contributed by atoms with Crippen molar-refractivity contribution in [3.05, 3.63) is 65.5 Å². The molecule has 0 spiro atoms. The third kappa shape index (κ3) is 4.26. The van der Waals surface area contributed by atoms with Crippen molar-refractivity contribution in [2.24, 2.45) is 5.10 Å². The van der Waals surface area contributed by atoms with Gasteiger partial charge >= 0.3 is 0 Å². The number of carbonyl (C=O) groups excluding carboxylic acids is 1. The van der Waals surface area contributed by atoms with Crippen LogP contribution in [-0.2, 0) is 11.3 Å². The molecule has 1 heterocycles. The first-order chi connectivity index (χ1) is 12.6. The van der Waals surface area contributed by atoms with E-state index in [1.807, 2.05) is 42.3 Å². The number of ether oxygens (including phenoxy) is 1. The number of methoxy groups -OCH3 is 1. The van der Waals surface area contributed by atoms with Crippen molar-refractivity contribution in [1.29, 1.82) is 0 Å². The van der Waals surface area contributed by atoms with Gasteiger partial charge < -0.3 is 4.74 Å². The van der Waals surface area contributed by atoms with Gasteiger partial charge in [-0.25, -0.2) is 9.40 Å². The molecular weight excluding hydrogens is 333 g/mol. The minimum Gasteiger partial charge on any atom is -0.494 e. The molecule has 136 valence electrons. The first-order valence-electron chi connectivity index (χ1n) is 8.51. The summed E-state index contributed by atoms with van der Waals surface area (Å²) in [6.07, 6.45) is 0.753. The summed E-state index contributed by atoms with van der Waals surface area (Å²) in [5, 5.41) is 5.97. The lowest BCUT2D eigenvalue weighted by molar-refractivity contribution is -0.131. The molecule has 26 heavy (non-hydrogen) atoms. The zero-order valence-corrected chi connectivity index (χ0v) is 15.0. The van der Waals surface area contributed by atoms with E-state index in [1.54, 1.807) is 12.1 Å². The molecule has 1 amide bonds. The predicted molar refractivity (Wildman–Crippen MR) is 98.6 cm³/mol. The smallest absolute Gasteiger partial charge is 0.256 e. The Morgan fingerprint density at radius 2 is 2.04 bits per heavy atom. The number of rotatable bonds is 6. The number of benzene rings is 2. The highest BCUT2D eigenvalue weighted by molar-refractivity contribution is 6.02. The number of halogens is 1. The highest BCUT2D eigenvalue weighted by atomic mass is 19.1. The third-order valence-corrected chi connectivity index (χ3v) is 4.27. The summed E-state index contributed by atoms with van der Waals surface area (Å²) in [5.41, 5.74) is 2.76. The van der Waals surface area contributed by atoms with Crippen LogP contribution in [0.2, 0.25) is 0 Å². The van der Waals surface area contributed by atoms with Gasteiger partial charge in [0.2, 0.25) is 0 Å². The molecule has 2 aromatic rings. The van der Waals surface area contributed by atoms with E-state index in [-0.39, 0.29) is 18.2 Å². The molecule has 0 saturated heterocycles. The van der Waals surface area contributed by atoms with Crippen molar-refractivity contribution in [3.63, 3.8) is 0 Å². The second-order valence-electron chi connectivity index (χ2n) is 6.32. The summed E-state index contributed by atoms with van der Waals surface area (Å²) >= 11 is 0. The minimum atomic E-state index is -0.402. The minimum absolute atomic E-state index is 0.0626. The summed E-state index contributed by atoms with van der Waals surface area (Å²) in [4.78, 5) is 14.3. The molecule has 0 saturated carbocycles. The average Bonchev–Trinajstić information content (AvgIpc) is 3.13. The molecule has 0 radical (unpaired) electrons. The Morgan fingerprint density at radius 3 is 2.73 bits per heavy atom. The molecule has 1 aliphatic heterocycles. The van der Waals surface area contributed by atoms with Crippen LogP contribution in [0.5, 0.6) is 5.75 Å². The van der Waals surface area contributed by atoms with Crippen molar-refractivity contribution in [2.45, 2.75) is 13.0 Å². The summed E-state index contributed by atoms with van der Waals surface area (Å²) in [5.74, 6) is -0.249. The fraction of sp³-hybridized carbons (Fsp3) is 0.300. The molecule has 1 aliphatic rings. The van der Waals surface area contributed by atoms with Gasteiger partial charge in [-0.05, 0) is 30.3 Å². The number of likely N-dealkylation sites (N-methyl/N-ethyl adjacent to an activating group) is 1. The zero-order valence-electron chi connectivity index (χ0n) is 15.0. The fourth-order valence-electron chi connectivity index (χ4n) is 2.96. The van der Waals surface area contributed by atoms with Gasteiger partial charge in [0.05, 0.1) is 25.9 Å². The Bertz CT molecular complexity index is 808. The molecule has 0 atom stereocenters. The maximum absolute atomic E-state index is 13.8. The zero-order chi connectivity index (χ0) is 18.5. The molecule has 0 N–H and O–H groups in total. The maximum Gasteiger partial charge on any atom is 0.256 e. The normalized spacial score (nSPS) is 13.8. The topological polar surface area (TPSA) is 45.1 Å². The molecule has 0 aliphatic carbocycles. The second-order valence-corrected chi connectivity index (χ2v) is 6.32. The van der Waals surface area contributed by atoms with E-state index >= 15 is 0 Å². The van der Waals surface area contributed by atoms with Crippen molar-refractivity contribution in [2.75, 3.05) is 27.2 Å². The number of hydrogen-bond donors (Lipinski definition) is 0. The number of nitrogens with zero attached hydrogens (tertiary/aromatic N) is 3. The Morgan fingerprint density at radius 1 is 1.27 bits per heavy atom. The SMILES string of the molecule is COc1ccc(CN(C)CC(=O)N2CCC(c3ccccc3)=N2)cc1F. The van der Waals surface area contributed by atoms with Crippen LogP contribution in [-0.4, -0.2) is 48.8 Å². The summed E-state index contributed by atoms with van der Waals surface area (Å²) in [6.45, 7) is 1.28. The Hall–Kier alpha value is -2.73. The largest absolute Gasteiger partial charge is 0.494 e. The van der Waals surface area contributed by atoms with Crippen LogP contribution in [0.3, 0.4) is 0 Å². The van der Waals surface area contributed by atoms with Gasteiger partial charge in [0.1, 0.15) is 0 Å². The Balaban J connectivity index is 1.58. The van der Waals surface area contributed by atoms with Gasteiger partial charge in [0.25, 0.3) is 5.91 Å². The summed E-state index contributed by atoms with van der Waals surface area (Å²) in [6, 6.07) is 14.7. The number of hydrazone groups is 1. The van der Waals surface area contributed by atoms with Gasteiger partial charge in [-0.3, -0.25) is 9.69 Å². The van der Waals surface area contributed by atoms with E-state index in [1.165, 1.54) is 18.2 Å². The molecule has 2 aromatic carbocycles. The van der Waals surface area contributed by atoms with E-state index in [0.29, 0.717) is 13.1 Å². The average molecular weight is 355 g/mol. The third-order valence-electron chi connectivity index (χ3n) is 4.27. The van der Waals surface area contributed by atoms with E-state index < -0.39 is 5.82 Å². The number of amides is 1. The monoisotopic (exact) mass is 355 g/mol. The number of carbonyl (C=O) groups is 1. The molecular formula is C20H22FN3O2. The second kappa shape index (κ2) is 8.10. The molecule has 0 unspecified atom stereocenters. The molecule has 0 bridgehead atoms. The van der Waals surface area contributed by atoms with Crippen molar-refractivity contribution >= 4 is 11.6 Å². The van der Waals surface area contributed by atoms with Gasteiger partial charge in [0, 0.05) is 13.0 Å². The van der Waals surface area contributed by atoms with Crippen LogP contribution in [0.25, 0.3) is 0 Å². The van der Waals surface area contributed by atoms with Gasteiger partial charge in [-0.2, -0.15) is 5.10 Å². The molecule has 3 rings (SSSR count). The van der Waals surface area contributed by atoms with Crippen LogP contribution in [0.1, 0.15) is 17.5 Å². The van der Waals surface area contributed by atoms with Crippen LogP contribution in [0, 0.1) is 5.82 Å². The Labute approximate surface area is 152 Å². The van der Waals surface area contributed by atoms with Gasteiger partial charge in [-0.1, -0.05) is 36.4 Å². The van der Waals surface area contributed by atoms with E-state index in [4.69, 9.17) is 4.74 Å². The van der Waals surface area contributed by atoms with Crippen molar-refractivity contribution < 1.29 is 13.9 Å². The molecule has 0 fully saturated rings. The van der Waals surface area contributed by atoms with E-state index in [0.717, 1.165) is 23.3 Å². The van der Waals surface area contributed by atoms with E-state index in [2.05, 4.69) is 5.10 Å². The van der Waals surface area contributed by atoms with Crippen LogP contribution in [0.4, 0.5) is 4.39 Å². The maximum atomic E-state index is 13.8. The predicted octanol–water partition coefficient (Wildman–Crippen LogP) is 2.90. The van der Waals surface area contributed by atoms with Crippen molar-refractivity contribution in [3.8, 4) is 5.75 Å². The molecule has 5 nitrogen and oxygen atoms in total. The van der Waals surface area contributed by atoms with Crippen LogP contribution in [0.15, 0.2) is 53.6 Å². The summed E-state index contributed by atoms with van der Waals surface area (Å²) < 4.78 is 18.7. The van der Waals surface area contributed by atoms with Crippen LogP contribution < -0.4 is 4.74 Å². The van der Waals surface area contributed by atoms with Crippen LogP contribution >= 0.6 is 0 Å². The molecule has 6 heteroatoms. The highest BCUT2D eigenvalue weighted by Gasteiger charge is 2.22. The first-order valence-corrected chi connectivity index (χ1v) is 8.51. The quantitative estimate of drug-likeness (QED) is 0.800. The van der Waals surface area contributed by atoms with Gasteiger partial charge in [-0.15, -0.1) is 0 Å².